The van der Waals surface area contributed by atoms with Crippen LogP contribution in [0.15, 0.2) is 0 Å². The minimum Gasteiger partial charge on any atom is -0.396 e. The van der Waals surface area contributed by atoms with Gasteiger partial charge in [-0.3, -0.25) is 0 Å². The van der Waals surface area contributed by atoms with E-state index in [-0.39, 0.29) is 0 Å². The molecular formula is C20H28Cl2N4. The fourth-order valence-electron chi connectivity index (χ4n) is 6.39. The summed E-state index contributed by atoms with van der Waals surface area (Å²) in [5.74, 6) is 6.04. The Morgan fingerprint density at radius 2 is 1.58 bits per heavy atom. The number of rotatable bonds is 4. The molecule has 0 unspecified atom stereocenters. The standard InChI is InChI=1S/C20H28Cl2N4/c21-16-18(23)17(22)20(26-3-1-2-4-26)25-19(16)24-10-15-13-6-11-5-12(8-13)9-14(15)7-11/h11-15H,1-10H2,(H3,23,24,25). The summed E-state index contributed by atoms with van der Waals surface area (Å²) in [5, 5.41) is 4.54. The number of nitrogens with one attached hydrogen (secondary N) is 1. The molecule has 3 N–H and O–H groups in total. The van der Waals surface area contributed by atoms with Crippen LogP contribution >= 0.6 is 23.2 Å². The van der Waals surface area contributed by atoms with E-state index in [2.05, 4.69) is 10.2 Å². The van der Waals surface area contributed by atoms with Crippen LogP contribution in [-0.2, 0) is 0 Å². The molecule has 1 saturated heterocycles. The Kier molecular flexibility index (Phi) is 4.40. The smallest absolute Gasteiger partial charge is 0.152 e. The summed E-state index contributed by atoms with van der Waals surface area (Å²) in [6.07, 6.45) is 9.58. The highest BCUT2D eigenvalue weighted by molar-refractivity contribution is 6.41. The fraction of sp³-hybridized carbons (Fsp3) is 0.750. The number of anilines is 3. The first-order valence-electron chi connectivity index (χ1n) is 10.2. The van der Waals surface area contributed by atoms with Gasteiger partial charge in [-0.15, -0.1) is 0 Å². The first-order chi connectivity index (χ1) is 12.6. The predicted octanol–water partition coefficient (Wildman–Crippen LogP) is 5.06. The van der Waals surface area contributed by atoms with Gasteiger partial charge >= 0.3 is 0 Å². The minimum absolute atomic E-state index is 0.456. The molecule has 0 amide bonds. The van der Waals surface area contributed by atoms with Crippen LogP contribution in [0, 0.1) is 29.6 Å². The maximum Gasteiger partial charge on any atom is 0.152 e. The van der Waals surface area contributed by atoms with E-state index < -0.39 is 0 Å². The second-order valence-electron chi connectivity index (χ2n) is 9.00. The van der Waals surface area contributed by atoms with Crippen molar-refractivity contribution in [2.24, 2.45) is 29.6 Å². The van der Waals surface area contributed by atoms with Gasteiger partial charge in [0.2, 0.25) is 0 Å². The van der Waals surface area contributed by atoms with Crippen molar-refractivity contribution < 1.29 is 0 Å². The van der Waals surface area contributed by atoms with E-state index in [0.29, 0.717) is 21.6 Å². The number of pyridine rings is 1. The predicted molar refractivity (Wildman–Crippen MR) is 109 cm³/mol. The van der Waals surface area contributed by atoms with Crippen LogP contribution in [-0.4, -0.2) is 24.6 Å². The van der Waals surface area contributed by atoms with Gasteiger partial charge < -0.3 is 16.0 Å². The Morgan fingerprint density at radius 3 is 2.19 bits per heavy atom. The Balaban J connectivity index is 1.35. The highest BCUT2D eigenvalue weighted by atomic mass is 35.5. The zero-order valence-corrected chi connectivity index (χ0v) is 16.7. The average molecular weight is 395 g/mol. The first kappa shape index (κ1) is 17.2. The summed E-state index contributed by atoms with van der Waals surface area (Å²) >= 11 is 12.9. The summed E-state index contributed by atoms with van der Waals surface area (Å²) in [7, 11) is 0. The Labute approximate surface area is 165 Å². The number of nitrogens with zero attached hydrogens (tertiary/aromatic N) is 2. The van der Waals surface area contributed by atoms with E-state index in [9.17, 15) is 0 Å². The van der Waals surface area contributed by atoms with Crippen molar-refractivity contribution in [1.82, 2.24) is 4.98 Å². The highest BCUT2D eigenvalue weighted by Gasteiger charge is 2.47. The van der Waals surface area contributed by atoms with Crippen LogP contribution in [0.3, 0.4) is 0 Å². The zero-order valence-electron chi connectivity index (χ0n) is 15.2. The van der Waals surface area contributed by atoms with Crippen LogP contribution in [0.5, 0.6) is 0 Å². The molecule has 4 saturated carbocycles. The van der Waals surface area contributed by atoms with Crippen LogP contribution in [0.1, 0.15) is 44.9 Å². The lowest BCUT2D eigenvalue weighted by molar-refractivity contribution is -0.0305. The topological polar surface area (TPSA) is 54.2 Å². The number of hydrogen-bond acceptors (Lipinski definition) is 4. The van der Waals surface area contributed by atoms with Crippen LogP contribution < -0.4 is 16.0 Å². The third-order valence-corrected chi connectivity index (χ3v) is 8.18. The summed E-state index contributed by atoms with van der Waals surface area (Å²) in [4.78, 5) is 7.01. The molecule has 6 heteroatoms. The summed E-state index contributed by atoms with van der Waals surface area (Å²) in [6, 6.07) is 0. The van der Waals surface area contributed by atoms with Gasteiger partial charge in [-0.2, -0.15) is 0 Å². The summed E-state index contributed by atoms with van der Waals surface area (Å²) in [5.41, 5.74) is 6.66. The van der Waals surface area contributed by atoms with E-state index in [1.54, 1.807) is 0 Å². The second-order valence-corrected chi connectivity index (χ2v) is 9.75. The van der Waals surface area contributed by atoms with Crippen molar-refractivity contribution >= 4 is 40.5 Å². The molecule has 6 rings (SSSR count). The molecule has 26 heavy (non-hydrogen) atoms. The molecule has 5 fully saturated rings. The van der Waals surface area contributed by atoms with Crippen molar-refractivity contribution in [2.45, 2.75) is 44.9 Å². The zero-order chi connectivity index (χ0) is 17.8. The van der Waals surface area contributed by atoms with Gasteiger partial charge in [-0.25, -0.2) is 4.98 Å². The van der Waals surface area contributed by atoms with E-state index in [4.69, 9.17) is 33.9 Å². The Hall–Kier alpha value is -0.870. The third-order valence-electron chi connectivity index (χ3n) is 7.43. The molecule has 0 radical (unpaired) electrons. The molecule has 1 aromatic heterocycles. The lowest BCUT2D eigenvalue weighted by atomic mass is 9.52. The first-order valence-corrected chi connectivity index (χ1v) is 11.0. The molecule has 2 heterocycles. The van der Waals surface area contributed by atoms with E-state index in [1.165, 1.54) is 44.9 Å². The lowest BCUT2D eigenvalue weighted by Gasteiger charge is -2.54. The number of nitrogens with two attached hydrogens (primary N) is 1. The molecule has 142 valence electrons. The molecule has 5 aliphatic rings. The summed E-state index contributed by atoms with van der Waals surface area (Å²) < 4.78 is 0. The molecule has 1 aliphatic heterocycles. The number of halogens is 2. The van der Waals surface area contributed by atoms with Gasteiger partial charge in [0.15, 0.2) is 5.82 Å². The molecule has 4 aliphatic carbocycles. The fourth-order valence-corrected chi connectivity index (χ4v) is 6.90. The highest BCUT2D eigenvalue weighted by Crippen LogP contribution is 2.56. The van der Waals surface area contributed by atoms with Crippen molar-refractivity contribution in [3.8, 4) is 0 Å². The molecular weight excluding hydrogens is 367 g/mol. The molecule has 0 aromatic carbocycles. The maximum atomic E-state index is 6.49. The number of nitrogen functional groups attached to an aromatic ring is 1. The van der Waals surface area contributed by atoms with Crippen molar-refractivity contribution in [3.63, 3.8) is 0 Å². The third kappa shape index (κ3) is 2.84. The SMILES string of the molecule is Nc1c(Cl)c(NCC2C3CC4CC(C3)CC2C4)nc(N2CCCC2)c1Cl. The number of hydrogen-bond donors (Lipinski definition) is 2. The van der Waals surface area contributed by atoms with Gasteiger partial charge in [-0.1, -0.05) is 23.2 Å². The lowest BCUT2D eigenvalue weighted by Crippen LogP contribution is -2.47. The minimum atomic E-state index is 0.456. The van der Waals surface area contributed by atoms with Crippen molar-refractivity contribution in [3.05, 3.63) is 10.0 Å². The van der Waals surface area contributed by atoms with E-state index >= 15 is 0 Å². The van der Waals surface area contributed by atoms with E-state index in [0.717, 1.165) is 55.0 Å². The van der Waals surface area contributed by atoms with E-state index in [1.807, 2.05) is 0 Å². The van der Waals surface area contributed by atoms with Crippen molar-refractivity contribution in [1.29, 1.82) is 0 Å². The molecule has 0 atom stereocenters. The van der Waals surface area contributed by atoms with Gasteiger partial charge in [0.1, 0.15) is 15.9 Å². The van der Waals surface area contributed by atoms with Gasteiger partial charge in [0, 0.05) is 19.6 Å². The summed E-state index contributed by atoms with van der Waals surface area (Å²) in [6.45, 7) is 2.94. The molecule has 0 spiro atoms. The molecule has 1 aromatic rings. The molecule has 4 nitrogen and oxygen atoms in total. The number of aromatic nitrogens is 1. The second kappa shape index (κ2) is 6.63. The van der Waals surface area contributed by atoms with Crippen LogP contribution in [0.4, 0.5) is 17.3 Å². The van der Waals surface area contributed by atoms with Crippen LogP contribution in [0.2, 0.25) is 10.0 Å². The van der Waals surface area contributed by atoms with Gasteiger partial charge in [0.05, 0.1) is 5.69 Å². The maximum absolute atomic E-state index is 6.49. The van der Waals surface area contributed by atoms with Gasteiger partial charge in [0.25, 0.3) is 0 Å². The van der Waals surface area contributed by atoms with Crippen LogP contribution in [0.25, 0.3) is 0 Å². The quantitative estimate of drug-likeness (QED) is 0.749. The van der Waals surface area contributed by atoms with Gasteiger partial charge in [-0.05, 0) is 74.5 Å². The Bertz CT molecular complexity index is 674. The normalized spacial score (nSPS) is 35.3. The molecule has 4 bridgehead atoms. The average Bonchev–Trinajstić information content (AvgIpc) is 3.14. The Morgan fingerprint density at radius 1 is 0.962 bits per heavy atom. The largest absolute Gasteiger partial charge is 0.396 e. The monoisotopic (exact) mass is 394 g/mol. The van der Waals surface area contributed by atoms with Crippen molar-refractivity contribution in [2.75, 3.05) is 35.6 Å².